The lowest BCUT2D eigenvalue weighted by molar-refractivity contribution is 0.0945. The SMILES string of the molecule is N#C[C@H](Nc1ccc2c(c1)CNC2)c1cccc2c1CCNC2=O. The molecule has 2 aliphatic rings. The Morgan fingerprint density at radius 2 is 2.04 bits per heavy atom. The van der Waals surface area contributed by atoms with Gasteiger partial charge in [0, 0.05) is 30.9 Å². The van der Waals surface area contributed by atoms with Crippen molar-refractivity contribution in [1.29, 1.82) is 5.26 Å². The first kappa shape index (κ1) is 14.7. The highest BCUT2D eigenvalue weighted by atomic mass is 16.1. The Balaban J connectivity index is 1.66. The molecule has 2 aromatic carbocycles. The van der Waals surface area contributed by atoms with Gasteiger partial charge in [-0.15, -0.1) is 0 Å². The van der Waals surface area contributed by atoms with Gasteiger partial charge in [0.15, 0.2) is 0 Å². The molecule has 2 aromatic rings. The van der Waals surface area contributed by atoms with Gasteiger partial charge in [0.25, 0.3) is 5.91 Å². The first-order valence-electron chi connectivity index (χ1n) is 8.15. The molecule has 4 rings (SSSR count). The maximum absolute atomic E-state index is 12.0. The second-order valence-electron chi connectivity index (χ2n) is 6.17. The van der Waals surface area contributed by atoms with E-state index >= 15 is 0 Å². The largest absolute Gasteiger partial charge is 0.366 e. The van der Waals surface area contributed by atoms with E-state index in [0.29, 0.717) is 12.1 Å². The molecule has 5 nitrogen and oxygen atoms in total. The van der Waals surface area contributed by atoms with Gasteiger partial charge in [-0.1, -0.05) is 18.2 Å². The predicted molar refractivity (Wildman–Crippen MR) is 91.4 cm³/mol. The summed E-state index contributed by atoms with van der Waals surface area (Å²) in [4.78, 5) is 12.0. The van der Waals surface area contributed by atoms with E-state index in [-0.39, 0.29) is 5.91 Å². The molecule has 120 valence electrons. The quantitative estimate of drug-likeness (QED) is 0.811. The van der Waals surface area contributed by atoms with Gasteiger partial charge in [-0.05, 0) is 46.9 Å². The summed E-state index contributed by atoms with van der Waals surface area (Å²) in [6.07, 6.45) is 0.755. The molecule has 0 aliphatic carbocycles. The zero-order chi connectivity index (χ0) is 16.5. The van der Waals surface area contributed by atoms with Crippen molar-refractivity contribution in [2.45, 2.75) is 25.6 Å². The Labute approximate surface area is 140 Å². The van der Waals surface area contributed by atoms with Gasteiger partial charge in [0.2, 0.25) is 0 Å². The summed E-state index contributed by atoms with van der Waals surface area (Å²) in [6, 6.07) is 13.7. The third-order valence-electron chi connectivity index (χ3n) is 4.71. The highest BCUT2D eigenvalue weighted by Gasteiger charge is 2.23. The molecular weight excluding hydrogens is 300 g/mol. The molecule has 0 unspecified atom stereocenters. The number of carbonyl (C=O) groups is 1. The van der Waals surface area contributed by atoms with Crippen LogP contribution >= 0.6 is 0 Å². The fourth-order valence-corrected chi connectivity index (χ4v) is 3.49. The van der Waals surface area contributed by atoms with Crippen molar-refractivity contribution >= 4 is 11.6 Å². The Hall–Kier alpha value is -2.84. The highest BCUT2D eigenvalue weighted by Crippen LogP contribution is 2.28. The zero-order valence-electron chi connectivity index (χ0n) is 13.2. The minimum Gasteiger partial charge on any atom is -0.366 e. The van der Waals surface area contributed by atoms with Gasteiger partial charge in [-0.3, -0.25) is 4.79 Å². The van der Waals surface area contributed by atoms with Crippen LogP contribution in [0.4, 0.5) is 5.69 Å². The van der Waals surface area contributed by atoms with Crippen molar-refractivity contribution in [3.8, 4) is 6.07 Å². The number of nitriles is 1. The molecule has 3 N–H and O–H groups in total. The summed E-state index contributed by atoms with van der Waals surface area (Å²) in [7, 11) is 0. The molecule has 0 radical (unpaired) electrons. The Morgan fingerprint density at radius 3 is 2.92 bits per heavy atom. The summed E-state index contributed by atoms with van der Waals surface area (Å²) in [5.74, 6) is -0.0570. The van der Waals surface area contributed by atoms with Gasteiger partial charge in [-0.2, -0.15) is 5.26 Å². The lowest BCUT2D eigenvalue weighted by atomic mass is 9.91. The van der Waals surface area contributed by atoms with Crippen LogP contribution in [-0.4, -0.2) is 12.5 Å². The highest BCUT2D eigenvalue weighted by molar-refractivity contribution is 5.97. The third kappa shape index (κ3) is 2.51. The van der Waals surface area contributed by atoms with E-state index < -0.39 is 6.04 Å². The number of hydrogen-bond acceptors (Lipinski definition) is 4. The Bertz CT molecular complexity index is 853. The van der Waals surface area contributed by atoms with Crippen molar-refractivity contribution in [3.05, 3.63) is 64.2 Å². The van der Waals surface area contributed by atoms with Crippen LogP contribution in [0.1, 0.15) is 38.7 Å². The van der Waals surface area contributed by atoms with E-state index in [4.69, 9.17) is 0 Å². The molecule has 2 heterocycles. The second kappa shape index (κ2) is 5.99. The average Bonchev–Trinajstić information content (AvgIpc) is 3.07. The number of anilines is 1. The summed E-state index contributed by atoms with van der Waals surface area (Å²) < 4.78 is 0. The van der Waals surface area contributed by atoms with Crippen LogP contribution in [0, 0.1) is 11.3 Å². The average molecular weight is 318 g/mol. The second-order valence-corrected chi connectivity index (χ2v) is 6.17. The van der Waals surface area contributed by atoms with Crippen molar-refractivity contribution in [3.63, 3.8) is 0 Å². The number of rotatable bonds is 3. The molecule has 0 spiro atoms. The fourth-order valence-electron chi connectivity index (χ4n) is 3.49. The number of fused-ring (bicyclic) bond motifs is 2. The number of carbonyl (C=O) groups excluding carboxylic acids is 1. The van der Waals surface area contributed by atoms with E-state index in [0.717, 1.165) is 36.3 Å². The van der Waals surface area contributed by atoms with E-state index in [1.54, 1.807) is 0 Å². The number of amides is 1. The summed E-state index contributed by atoms with van der Waals surface area (Å²) in [5.41, 5.74) is 6.06. The lowest BCUT2D eigenvalue weighted by Crippen LogP contribution is -2.33. The molecule has 1 amide bonds. The van der Waals surface area contributed by atoms with Crippen LogP contribution < -0.4 is 16.0 Å². The van der Waals surface area contributed by atoms with Crippen LogP contribution in [0.2, 0.25) is 0 Å². The number of nitrogens with one attached hydrogen (secondary N) is 3. The molecule has 0 saturated carbocycles. The maximum atomic E-state index is 12.0. The van der Waals surface area contributed by atoms with Crippen molar-refractivity contribution in [2.75, 3.05) is 11.9 Å². The monoisotopic (exact) mass is 318 g/mol. The molecule has 0 bridgehead atoms. The Morgan fingerprint density at radius 1 is 1.17 bits per heavy atom. The van der Waals surface area contributed by atoms with Gasteiger partial charge < -0.3 is 16.0 Å². The molecule has 0 fully saturated rings. The molecule has 0 aromatic heterocycles. The van der Waals surface area contributed by atoms with E-state index in [9.17, 15) is 10.1 Å². The van der Waals surface area contributed by atoms with Crippen LogP contribution in [-0.2, 0) is 19.5 Å². The van der Waals surface area contributed by atoms with E-state index in [2.05, 4.69) is 34.2 Å². The molecular formula is C19H18N4O. The normalized spacial score (nSPS) is 16.5. The van der Waals surface area contributed by atoms with Crippen LogP contribution in [0.5, 0.6) is 0 Å². The van der Waals surface area contributed by atoms with Crippen molar-refractivity contribution < 1.29 is 4.79 Å². The first-order valence-corrected chi connectivity index (χ1v) is 8.15. The third-order valence-corrected chi connectivity index (χ3v) is 4.71. The van der Waals surface area contributed by atoms with Crippen molar-refractivity contribution in [1.82, 2.24) is 10.6 Å². The summed E-state index contributed by atoms with van der Waals surface area (Å²) in [6.45, 7) is 2.38. The lowest BCUT2D eigenvalue weighted by Gasteiger charge is -2.23. The van der Waals surface area contributed by atoms with Gasteiger partial charge >= 0.3 is 0 Å². The topological polar surface area (TPSA) is 77.0 Å². The maximum Gasteiger partial charge on any atom is 0.251 e. The van der Waals surface area contributed by atoms with Gasteiger partial charge in [0.05, 0.1) is 6.07 Å². The molecule has 0 saturated heterocycles. The minimum absolute atomic E-state index is 0.0570. The minimum atomic E-state index is -0.474. The zero-order valence-corrected chi connectivity index (χ0v) is 13.2. The van der Waals surface area contributed by atoms with Gasteiger partial charge in [0.1, 0.15) is 6.04 Å². The molecule has 5 heteroatoms. The smallest absolute Gasteiger partial charge is 0.251 e. The van der Waals surface area contributed by atoms with Crippen molar-refractivity contribution in [2.24, 2.45) is 0 Å². The summed E-state index contributed by atoms with van der Waals surface area (Å²) in [5, 5.41) is 19.2. The molecule has 24 heavy (non-hydrogen) atoms. The van der Waals surface area contributed by atoms with Crippen LogP contribution in [0.3, 0.4) is 0 Å². The van der Waals surface area contributed by atoms with E-state index in [1.807, 2.05) is 24.3 Å². The number of nitrogens with zero attached hydrogens (tertiary/aromatic N) is 1. The number of benzene rings is 2. The molecule has 2 aliphatic heterocycles. The number of hydrogen-bond donors (Lipinski definition) is 3. The van der Waals surface area contributed by atoms with E-state index in [1.165, 1.54) is 11.1 Å². The standard InChI is InChI=1S/C19H18N4O/c20-9-18(23-14-5-4-12-10-21-11-13(12)8-14)16-2-1-3-17-15(16)6-7-22-19(17)24/h1-5,8,18,21,23H,6-7,10-11H2,(H,22,24)/t18-/m0/s1. The first-order chi connectivity index (χ1) is 11.8. The van der Waals surface area contributed by atoms with Gasteiger partial charge in [-0.25, -0.2) is 0 Å². The van der Waals surface area contributed by atoms with Crippen LogP contribution in [0.25, 0.3) is 0 Å². The molecule has 1 atom stereocenters. The Kier molecular flexibility index (Phi) is 3.68. The predicted octanol–water partition coefficient (Wildman–Crippen LogP) is 2.25. The fraction of sp³-hybridized carbons (Fsp3) is 0.263. The summed E-state index contributed by atoms with van der Waals surface area (Å²) >= 11 is 0. The van der Waals surface area contributed by atoms with Crippen LogP contribution in [0.15, 0.2) is 36.4 Å².